The largest absolute Gasteiger partial charge is 0.394 e. The van der Waals surface area contributed by atoms with Crippen molar-refractivity contribution in [1.82, 2.24) is 5.32 Å². The molecule has 0 aliphatic heterocycles. The highest BCUT2D eigenvalue weighted by Crippen LogP contribution is 2.35. The Morgan fingerprint density at radius 3 is 2.58 bits per heavy atom. The lowest BCUT2D eigenvalue weighted by Crippen LogP contribution is -2.53. The molecule has 0 heterocycles. The van der Waals surface area contributed by atoms with E-state index in [1.807, 2.05) is 0 Å². The molecule has 2 atom stereocenters. The van der Waals surface area contributed by atoms with E-state index in [0.717, 1.165) is 6.42 Å². The molecular weight excluding hydrogens is 150 g/mol. The molecule has 1 rings (SSSR count). The van der Waals surface area contributed by atoms with Crippen LogP contribution in [0.25, 0.3) is 0 Å². The number of hydrogen-bond donors (Lipinski definition) is 2. The summed E-state index contributed by atoms with van der Waals surface area (Å²) < 4.78 is 0. The summed E-state index contributed by atoms with van der Waals surface area (Å²) in [6.45, 7) is 6.80. The van der Waals surface area contributed by atoms with Gasteiger partial charge < -0.3 is 10.4 Å². The molecule has 0 aromatic heterocycles. The Balaban J connectivity index is 2.61. The third-order valence-electron chi connectivity index (χ3n) is 3.06. The van der Waals surface area contributed by atoms with Crippen LogP contribution in [-0.4, -0.2) is 23.3 Å². The van der Waals surface area contributed by atoms with Gasteiger partial charge >= 0.3 is 0 Å². The van der Waals surface area contributed by atoms with Crippen LogP contribution in [0.5, 0.6) is 0 Å². The normalized spacial score (nSPS) is 36.2. The average molecular weight is 171 g/mol. The standard InChI is InChI=1S/C10H21NO/c1-8(2)11-10(7-12)6-4-5-9(10)3/h8-9,11-12H,4-7H2,1-3H3. The van der Waals surface area contributed by atoms with Gasteiger partial charge in [0.25, 0.3) is 0 Å². The van der Waals surface area contributed by atoms with Crippen LogP contribution in [0.1, 0.15) is 40.0 Å². The predicted octanol–water partition coefficient (Wildman–Crippen LogP) is 1.54. The van der Waals surface area contributed by atoms with Crippen molar-refractivity contribution in [2.45, 2.75) is 51.6 Å². The van der Waals surface area contributed by atoms with E-state index in [9.17, 15) is 5.11 Å². The third kappa shape index (κ3) is 1.80. The summed E-state index contributed by atoms with van der Waals surface area (Å²) in [7, 11) is 0. The summed E-state index contributed by atoms with van der Waals surface area (Å²) in [4.78, 5) is 0. The number of hydrogen-bond acceptors (Lipinski definition) is 2. The lowest BCUT2D eigenvalue weighted by molar-refractivity contribution is 0.122. The zero-order valence-corrected chi connectivity index (χ0v) is 8.43. The van der Waals surface area contributed by atoms with Gasteiger partial charge in [-0.2, -0.15) is 0 Å². The van der Waals surface area contributed by atoms with Crippen molar-refractivity contribution in [1.29, 1.82) is 0 Å². The number of aliphatic hydroxyl groups excluding tert-OH is 1. The van der Waals surface area contributed by atoms with E-state index in [1.165, 1.54) is 12.8 Å². The van der Waals surface area contributed by atoms with Crippen molar-refractivity contribution in [3.8, 4) is 0 Å². The van der Waals surface area contributed by atoms with Crippen LogP contribution in [0.4, 0.5) is 0 Å². The molecule has 0 spiro atoms. The van der Waals surface area contributed by atoms with E-state index < -0.39 is 0 Å². The van der Waals surface area contributed by atoms with Gasteiger partial charge in [-0.3, -0.25) is 0 Å². The summed E-state index contributed by atoms with van der Waals surface area (Å²) in [5.74, 6) is 0.616. The summed E-state index contributed by atoms with van der Waals surface area (Å²) in [5, 5.41) is 12.9. The van der Waals surface area contributed by atoms with Gasteiger partial charge in [0.1, 0.15) is 0 Å². The molecule has 1 aliphatic carbocycles. The SMILES string of the molecule is CC(C)NC1(CO)CCCC1C. The highest BCUT2D eigenvalue weighted by molar-refractivity contribution is 4.97. The van der Waals surface area contributed by atoms with Crippen LogP contribution in [0.15, 0.2) is 0 Å². The molecule has 0 amide bonds. The van der Waals surface area contributed by atoms with Crippen LogP contribution in [0.3, 0.4) is 0 Å². The van der Waals surface area contributed by atoms with Crippen LogP contribution in [0, 0.1) is 5.92 Å². The van der Waals surface area contributed by atoms with Crippen LogP contribution in [-0.2, 0) is 0 Å². The number of rotatable bonds is 3. The molecule has 2 nitrogen and oxygen atoms in total. The topological polar surface area (TPSA) is 32.3 Å². The second-order valence-electron chi connectivity index (χ2n) is 4.41. The Morgan fingerprint density at radius 2 is 2.25 bits per heavy atom. The highest BCUT2D eigenvalue weighted by atomic mass is 16.3. The Bertz CT molecular complexity index is 147. The second-order valence-corrected chi connectivity index (χ2v) is 4.41. The quantitative estimate of drug-likeness (QED) is 0.675. The molecule has 0 bridgehead atoms. The van der Waals surface area contributed by atoms with Gasteiger partial charge in [-0.1, -0.05) is 27.2 Å². The molecule has 0 aromatic carbocycles. The molecule has 0 saturated heterocycles. The first kappa shape index (κ1) is 10.0. The summed E-state index contributed by atoms with van der Waals surface area (Å²) in [6.07, 6.45) is 3.63. The monoisotopic (exact) mass is 171 g/mol. The zero-order chi connectivity index (χ0) is 9.19. The van der Waals surface area contributed by atoms with Crippen molar-refractivity contribution in [2.75, 3.05) is 6.61 Å². The smallest absolute Gasteiger partial charge is 0.0616 e. The molecule has 2 unspecified atom stereocenters. The zero-order valence-electron chi connectivity index (χ0n) is 8.43. The van der Waals surface area contributed by atoms with Gasteiger partial charge in [-0.05, 0) is 18.8 Å². The Hall–Kier alpha value is -0.0800. The maximum atomic E-state index is 9.37. The summed E-state index contributed by atoms with van der Waals surface area (Å²) in [6, 6.07) is 0.470. The Labute approximate surface area is 75.4 Å². The minimum atomic E-state index is 0.0220. The van der Waals surface area contributed by atoms with Gasteiger partial charge in [0.05, 0.1) is 6.61 Å². The van der Waals surface area contributed by atoms with Gasteiger partial charge in [0, 0.05) is 11.6 Å². The average Bonchev–Trinajstić information content (AvgIpc) is 2.32. The van der Waals surface area contributed by atoms with Crippen molar-refractivity contribution < 1.29 is 5.11 Å². The number of aliphatic hydroxyl groups is 1. The molecule has 2 heteroatoms. The second kappa shape index (κ2) is 3.75. The maximum absolute atomic E-state index is 9.37. The van der Waals surface area contributed by atoms with E-state index in [1.54, 1.807) is 0 Å². The molecule has 1 fully saturated rings. The van der Waals surface area contributed by atoms with Gasteiger partial charge in [0.15, 0.2) is 0 Å². The Kier molecular flexibility index (Phi) is 3.13. The van der Waals surface area contributed by atoms with Crippen molar-refractivity contribution in [2.24, 2.45) is 5.92 Å². The lowest BCUT2D eigenvalue weighted by atomic mass is 9.88. The number of nitrogens with one attached hydrogen (secondary N) is 1. The summed E-state index contributed by atoms with van der Waals surface area (Å²) >= 11 is 0. The molecule has 12 heavy (non-hydrogen) atoms. The van der Waals surface area contributed by atoms with Crippen LogP contribution < -0.4 is 5.32 Å². The van der Waals surface area contributed by atoms with E-state index in [2.05, 4.69) is 26.1 Å². The van der Waals surface area contributed by atoms with Crippen molar-refractivity contribution >= 4 is 0 Å². The first-order valence-electron chi connectivity index (χ1n) is 4.99. The van der Waals surface area contributed by atoms with Crippen LogP contribution >= 0.6 is 0 Å². The predicted molar refractivity (Wildman–Crippen MR) is 51.1 cm³/mol. The fourth-order valence-electron chi connectivity index (χ4n) is 2.32. The molecule has 1 saturated carbocycles. The van der Waals surface area contributed by atoms with E-state index in [4.69, 9.17) is 0 Å². The molecule has 1 aliphatic rings. The van der Waals surface area contributed by atoms with E-state index in [-0.39, 0.29) is 12.1 Å². The molecular formula is C10H21NO. The molecule has 2 N–H and O–H groups in total. The van der Waals surface area contributed by atoms with E-state index >= 15 is 0 Å². The molecule has 72 valence electrons. The van der Waals surface area contributed by atoms with Crippen molar-refractivity contribution in [3.63, 3.8) is 0 Å². The third-order valence-corrected chi connectivity index (χ3v) is 3.06. The van der Waals surface area contributed by atoms with Gasteiger partial charge in [-0.25, -0.2) is 0 Å². The fraction of sp³-hybridized carbons (Fsp3) is 1.00. The van der Waals surface area contributed by atoms with Crippen molar-refractivity contribution in [3.05, 3.63) is 0 Å². The fourth-order valence-corrected chi connectivity index (χ4v) is 2.32. The summed E-state index contributed by atoms with van der Waals surface area (Å²) in [5.41, 5.74) is 0.0220. The van der Waals surface area contributed by atoms with Gasteiger partial charge in [-0.15, -0.1) is 0 Å². The highest BCUT2D eigenvalue weighted by Gasteiger charge is 2.39. The molecule has 0 aromatic rings. The minimum Gasteiger partial charge on any atom is -0.394 e. The van der Waals surface area contributed by atoms with Gasteiger partial charge in [0.2, 0.25) is 0 Å². The Morgan fingerprint density at radius 1 is 1.58 bits per heavy atom. The maximum Gasteiger partial charge on any atom is 0.0616 e. The van der Waals surface area contributed by atoms with E-state index in [0.29, 0.717) is 12.0 Å². The minimum absolute atomic E-state index is 0.0220. The lowest BCUT2D eigenvalue weighted by Gasteiger charge is -2.35. The van der Waals surface area contributed by atoms with Crippen LogP contribution in [0.2, 0.25) is 0 Å². The first-order chi connectivity index (χ1) is 5.60. The molecule has 0 radical (unpaired) electrons. The first-order valence-corrected chi connectivity index (χ1v) is 4.99.